The summed E-state index contributed by atoms with van der Waals surface area (Å²) in [6, 6.07) is 4.79. The molecule has 2 rings (SSSR count). The summed E-state index contributed by atoms with van der Waals surface area (Å²) in [5.41, 5.74) is 0.903. The van der Waals surface area contributed by atoms with E-state index in [0.29, 0.717) is 6.54 Å². The van der Waals surface area contributed by atoms with Crippen LogP contribution in [0, 0.1) is 10.1 Å². The molecule has 0 fully saturated rings. The van der Waals surface area contributed by atoms with Crippen LogP contribution in [0.15, 0.2) is 24.4 Å². The Morgan fingerprint density at radius 3 is 3.06 bits per heavy atom. The maximum atomic E-state index is 10.7. The first-order valence-corrected chi connectivity index (χ1v) is 5.53. The normalized spacial score (nSPS) is 10.9. The van der Waals surface area contributed by atoms with Gasteiger partial charge in [-0.05, 0) is 12.6 Å². The van der Waals surface area contributed by atoms with Crippen molar-refractivity contribution in [3.63, 3.8) is 0 Å². The zero-order chi connectivity index (χ0) is 12.3. The Kier molecular flexibility index (Phi) is 3.34. The maximum Gasteiger partial charge on any atom is 0.271 e. The maximum absolute atomic E-state index is 10.7. The molecule has 1 N–H and O–H groups in total. The van der Waals surface area contributed by atoms with Gasteiger partial charge < -0.3 is 5.32 Å². The summed E-state index contributed by atoms with van der Waals surface area (Å²) in [5, 5.41) is 19.0. The number of likely N-dealkylation sites (N-methyl/N-ethyl adjacent to an activating group) is 1. The van der Waals surface area contributed by atoms with Gasteiger partial charge in [0, 0.05) is 24.1 Å². The molecule has 0 saturated heterocycles. The third kappa shape index (κ3) is 2.42. The molecule has 0 atom stereocenters. The van der Waals surface area contributed by atoms with E-state index in [2.05, 4.69) is 10.4 Å². The lowest BCUT2D eigenvalue weighted by atomic mass is 10.2. The number of nitro groups is 1. The minimum atomic E-state index is -0.388. The van der Waals surface area contributed by atoms with Crippen molar-refractivity contribution in [2.45, 2.75) is 13.5 Å². The van der Waals surface area contributed by atoms with Crippen LogP contribution in [0.1, 0.15) is 6.92 Å². The van der Waals surface area contributed by atoms with Crippen LogP contribution in [-0.4, -0.2) is 27.8 Å². The van der Waals surface area contributed by atoms with E-state index in [9.17, 15) is 10.1 Å². The van der Waals surface area contributed by atoms with E-state index in [-0.39, 0.29) is 10.6 Å². The van der Waals surface area contributed by atoms with Gasteiger partial charge >= 0.3 is 0 Å². The van der Waals surface area contributed by atoms with Crippen LogP contribution in [0.5, 0.6) is 0 Å². The summed E-state index contributed by atoms with van der Waals surface area (Å²) in [5.74, 6) is 0. The molecular formula is C11H14N4O2. The van der Waals surface area contributed by atoms with E-state index >= 15 is 0 Å². The molecule has 0 radical (unpaired) electrons. The van der Waals surface area contributed by atoms with Gasteiger partial charge in [-0.1, -0.05) is 6.92 Å². The molecule has 0 aliphatic carbocycles. The van der Waals surface area contributed by atoms with E-state index in [0.717, 1.165) is 24.0 Å². The van der Waals surface area contributed by atoms with Gasteiger partial charge in [0.15, 0.2) is 0 Å². The van der Waals surface area contributed by atoms with Crippen LogP contribution in [0.4, 0.5) is 5.69 Å². The summed E-state index contributed by atoms with van der Waals surface area (Å²) in [6.45, 7) is 4.44. The van der Waals surface area contributed by atoms with E-state index in [1.54, 1.807) is 23.0 Å². The van der Waals surface area contributed by atoms with Crippen LogP contribution >= 0.6 is 0 Å². The Morgan fingerprint density at radius 2 is 2.35 bits per heavy atom. The average molecular weight is 234 g/mol. The molecule has 0 amide bonds. The van der Waals surface area contributed by atoms with Crippen LogP contribution in [-0.2, 0) is 6.54 Å². The number of benzene rings is 1. The lowest BCUT2D eigenvalue weighted by Crippen LogP contribution is -2.19. The number of nitro benzene ring substituents is 1. The van der Waals surface area contributed by atoms with E-state index in [1.165, 1.54) is 6.07 Å². The zero-order valence-corrected chi connectivity index (χ0v) is 9.59. The molecule has 6 heteroatoms. The second-order valence-electron chi connectivity index (χ2n) is 3.72. The lowest BCUT2D eigenvalue weighted by molar-refractivity contribution is -0.384. The molecule has 2 aromatic rings. The molecule has 1 aromatic heterocycles. The number of nitrogens with one attached hydrogen (secondary N) is 1. The minimum Gasteiger partial charge on any atom is -0.315 e. The number of nitrogens with zero attached hydrogens (tertiary/aromatic N) is 3. The van der Waals surface area contributed by atoms with Crippen molar-refractivity contribution in [3.05, 3.63) is 34.5 Å². The van der Waals surface area contributed by atoms with Crippen molar-refractivity contribution < 1.29 is 4.92 Å². The molecule has 0 aliphatic rings. The fraction of sp³-hybridized carbons (Fsp3) is 0.364. The number of rotatable bonds is 5. The van der Waals surface area contributed by atoms with Crippen molar-refractivity contribution in [2.75, 3.05) is 13.1 Å². The molecule has 0 aliphatic heterocycles. The quantitative estimate of drug-likeness (QED) is 0.484. The number of hydrogen-bond donors (Lipinski definition) is 1. The number of hydrogen-bond acceptors (Lipinski definition) is 4. The molecule has 17 heavy (non-hydrogen) atoms. The fourth-order valence-corrected chi connectivity index (χ4v) is 1.71. The highest BCUT2D eigenvalue weighted by Gasteiger charge is 2.09. The Labute approximate surface area is 98.4 Å². The second kappa shape index (κ2) is 4.92. The highest BCUT2D eigenvalue weighted by molar-refractivity contribution is 5.80. The van der Waals surface area contributed by atoms with E-state index in [4.69, 9.17) is 0 Å². The minimum absolute atomic E-state index is 0.0997. The molecule has 90 valence electrons. The van der Waals surface area contributed by atoms with Crippen molar-refractivity contribution in [1.29, 1.82) is 0 Å². The van der Waals surface area contributed by atoms with E-state index in [1.807, 2.05) is 6.92 Å². The molecule has 1 heterocycles. The molecule has 0 bridgehead atoms. The van der Waals surface area contributed by atoms with Crippen molar-refractivity contribution in [1.82, 2.24) is 15.1 Å². The number of aromatic nitrogens is 2. The van der Waals surface area contributed by atoms with Crippen molar-refractivity contribution in [3.8, 4) is 0 Å². The Balaban J connectivity index is 2.30. The van der Waals surface area contributed by atoms with Gasteiger partial charge in [0.1, 0.15) is 0 Å². The molecule has 0 saturated carbocycles. The van der Waals surface area contributed by atoms with Crippen molar-refractivity contribution in [2.24, 2.45) is 0 Å². The first-order chi connectivity index (χ1) is 8.22. The van der Waals surface area contributed by atoms with Crippen LogP contribution in [0.3, 0.4) is 0 Å². The third-order valence-corrected chi connectivity index (χ3v) is 2.59. The van der Waals surface area contributed by atoms with Gasteiger partial charge in [0.25, 0.3) is 5.69 Å². The Bertz CT molecular complexity index is 535. The standard InChI is InChI=1S/C11H14N4O2/c1-2-12-5-6-14-11-7-10(15(16)17)4-3-9(11)8-13-14/h3-4,7-8,12H,2,5-6H2,1H3. The monoisotopic (exact) mass is 234 g/mol. The van der Waals surface area contributed by atoms with Gasteiger partial charge in [0.2, 0.25) is 0 Å². The summed E-state index contributed by atoms with van der Waals surface area (Å²) in [4.78, 5) is 10.3. The third-order valence-electron chi connectivity index (χ3n) is 2.59. The van der Waals surface area contributed by atoms with Gasteiger partial charge in [-0.2, -0.15) is 5.10 Å². The number of non-ortho nitro benzene ring substituents is 1. The summed E-state index contributed by atoms with van der Waals surface area (Å²) in [7, 11) is 0. The predicted molar refractivity (Wildman–Crippen MR) is 64.9 cm³/mol. The predicted octanol–water partition coefficient (Wildman–Crippen LogP) is 1.55. The summed E-state index contributed by atoms with van der Waals surface area (Å²) >= 11 is 0. The van der Waals surface area contributed by atoms with Crippen LogP contribution in [0.25, 0.3) is 10.9 Å². The summed E-state index contributed by atoms with van der Waals surface area (Å²) in [6.07, 6.45) is 1.73. The highest BCUT2D eigenvalue weighted by Crippen LogP contribution is 2.20. The van der Waals surface area contributed by atoms with Crippen LogP contribution < -0.4 is 5.32 Å². The smallest absolute Gasteiger partial charge is 0.271 e. The van der Waals surface area contributed by atoms with Gasteiger partial charge in [0.05, 0.1) is 23.2 Å². The Hall–Kier alpha value is -1.95. The van der Waals surface area contributed by atoms with Crippen molar-refractivity contribution >= 4 is 16.6 Å². The Morgan fingerprint density at radius 1 is 1.53 bits per heavy atom. The first-order valence-electron chi connectivity index (χ1n) is 5.53. The zero-order valence-electron chi connectivity index (χ0n) is 9.59. The average Bonchev–Trinajstić information content (AvgIpc) is 2.72. The lowest BCUT2D eigenvalue weighted by Gasteiger charge is -2.03. The first kappa shape index (κ1) is 11.5. The van der Waals surface area contributed by atoms with Crippen LogP contribution in [0.2, 0.25) is 0 Å². The van der Waals surface area contributed by atoms with Gasteiger partial charge in [-0.15, -0.1) is 0 Å². The number of fused-ring (bicyclic) bond motifs is 1. The second-order valence-corrected chi connectivity index (χ2v) is 3.72. The molecular weight excluding hydrogens is 220 g/mol. The molecule has 1 aromatic carbocycles. The molecule has 0 unspecified atom stereocenters. The molecule has 0 spiro atoms. The largest absolute Gasteiger partial charge is 0.315 e. The summed E-state index contributed by atoms with van der Waals surface area (Å²) < 4.78 is 1.78. The van der Waals surface area contributed by atoms with E-state index < -0.39 is 0 Å². The fourth-order valence-electron chi connectivity index (χ4n) is 1.71. The topological polar surface area (TPSA) is 73.0 Å². The SMILES string of the molecule is CCNCCn1ncc2ccc([N+](=O)[O-])cc21. The highest BCUT2D eigenvalue weighted by atomic mass is 16.6. The van der Waals surface area contributed by atoms with Gasteiger partial charge in [-0.25, -0.2) is 0 Å². The van der Waals surface area contributed by atoms with Gasteiger partial charge in [-0.3, -0.25) is 14.8 Å². The molecule has 6 nitrogen and oxygen atoms in total.